The Kier molecular flexibility index (Phi) is 7.89. The predicted molar refractivity (Wildman–Crippen MR) is 153 cm³/mol. The highest BCUT2D eigenvalue weighted by Gasteiger charge is 2.25. The number of aryl methyl sites for hydroxylation is 1. The van der Waals surface area contributed by atoms with E-state index in [1.807, 2.05) is 6.92 Å². The lowest BCUT2D eigenvalue weighted by molar-refractivity contribution is 0.341. The number of hydrogen-bond donors (Lipinski definition) is 2. The van der Waals surface area contributed by atoms with Gasteiger partial charge in [-0.3, -0.25) is 9.52 Å². The molecule has 2 aromatic heterocycles. The number of imidazole rings is 1. The molecule has 1 saturated carbocycles. The van der Waals surface area contributed by atoms with E-state index in [1.54, 1.807) is 17.5 Å². The topological polar surface area (TPSA) is 118 Å². The van der Waals surface area contributed by atoms with Crippen LogP contribution in [0.25, 0.3) is 16.9 Å². The van der Waals surface area contributed by atoms with Crippen molar-refractivity contribution in [2.24, 2.45) is 0 Å². The average Bonchev–Trinajstić information content (AvgIpc) is 3.02. The Morgan fingerprint density at radius 1 is 1.08 bits per heavy atom. The second-order valence-electron chi connectivity index (χ2n) is 9.66. The fourth-order valence-electron chi connectivity index (χ4n) is 5.09. The zero-order valence-electron chi connectivity index (χ0n) is 21.6. The molecule has 5 rings (SSSR count). The largest absolute Gasteiger partial charge is 0.493 e. The van der Waals surface area contributed by atoms with Crippen molar-refractivity contribution in [2.45, 2.75) is 63.2 Å². The zero-order chi connectivity index (χ0) is 27.7. The minimum atomic E-state index is -4.05. The molecule has 9 nitrogen and oxygen atoms in total. The fraction of sp³-hybridized carbons (Fsp3) is 0.370. The molecule has 2 N–H and O–H groups in total. The Bertz CT molecular complexity index is 1670. The van der Waals surface area contributed by atoms with Crippen LogP contribution in [0.15, 0.2) is 46.1 Å². The smallest absolute Gasteiger partial charge is 0.277 e. The number of halogens is 2. The number of H-pyrrole nitrogens is 1. The number of rotatable bonds is 7. The highest BCUT2D eigenvalue weighted by molar-refractivity contribution is 7.92. The van der Waals surface area contributed by atoms with Gasteiger partial charge in [0.25, 0.3) is 15.6 Å². The van der Waals surface area contributed by atoms with E-state index in [-0.39, 0.29) is 27.9 Å². The third-order valence-electron chi connectivity index (χ3n) is 6.85. The van der Waals surface area contributed by atoms with Crippen LogP contribution in [0.1, 0.15) is 62.9 Å². The second-order valence-corrected chi connectivity index (χ2v) is 12.2. The Hall–Kier alpha value is -3.08. The molecular formula is C27H29Cl2N5O4S. The number of benzene rings is 2. The van der Waals surface area contributed by atoms with Crippen molar-refractivity contribution in [3.63, 3.8) is 0 Å². The van der Waals surface area contributed by atoms with E-state index in [1.165, 1.54) is 43.2 Å². The quantitative estimate of drug-likeness (QED) is 0.243. The highest BCUT2D eigenvalue weighted by Crippen LogP contribution is 2.34. The van der Waals surface area contributed by atoms with Gasteiger partial charge in [0.2, 0.25) is 0 Å². The summed E-state index contributed by atoms with van der Waals surface area (Å²) in [5.74, 6) is 1.53. The lowest BCUT2D eigenvalue weighted by atomic mass is 10.00. The molecule has 2 heterocycles. The van der Waals surface area contributed by atoms with E-state index in [2.05, 4.69) is 9.71 Å². The summed E-state index contributed by atoms with van der Waals surface area (Å²) in [6, 6.07) is 8.84. The molecule has 206 valence electrons. The van der Waals surface area contributed by atoms with Gasteiger partial charge < -0.3 is 9.72 Å². The molecule has 0 spiro atoms. The summed E-state index contributed by atoms with van der Waals surface area (Å²) in [6.45, 7) is 3.96. The molecule has 0 radical (unpaired) electrons. The molecule has 1 aliphatic carbocycles. The van der Waals surface area contributed by atoms with Crippen molar-refractivity contribution in [3.8, 4) is 17.1 Å². The van der Waals surface area contributed by atoms with Crippen molar-refractivity contribution in [1.82, 2.24) is 19.6 Å². The normalized spacial score (nSPS) is 14.9. The van der Waals surface area contributed by atoms with Crippen LogP contribution in [0.3, 0.4) is 0 Å². The molecule has 1 fully saturated rings. The zero-order valence-corrected chi connectivity index (χ0v) is 24.0. The number of sulfonamides is 1. The third kappa shape index (κ3) is 5.78. The summed E-state index contributed by atoms with van der Waals surface area (Å²) < 4.78 is 36.5. The number of anilines is 1. The molecule has 0 atom stereocenters. The van der Waals surface area contributed by atoms with Crippen LogP contribution in [-0.2, 0) is 10.0 Å². The first-order chi connectivity index (χ1) is 18.7. The Morgan fingerprint density at radius 3 is 2.44 bits per heavy atom. The van der Waals surface area contributed by atoms with Gasteiger partial charge in [-0.2, -0.15) is 0 Å². The maximum atomic E-state index is 13.3. The van der Waals surface area contributed by atoms with Gasteiger partial charge in [0, 0.05) is 16.0 Å². The van der Waals surface area contributed by atoms with Gasteiger partial charge in [-0.1, -0.05) is 48.9 Å². The molecular weight excluding hydrogens is 561 g/mol. The SMILES string of the molecule is CCOc1ccc(S(=O)(=O)Nc2cc(Cl)cc(Cl)c2)cc1-c1nn2c(C3CCCCCC3)nc(C)c2c(=O)[nH]1. The molecule has 0 aliphatic heterocycles. The minimum absolute atomic E-state index is 0.0504. The number of aromatic nitrogens is 4. The third-order valence-corrected chi connectivity index (χ3v) is 8.67. The fourth-order valence-corrected chi connectivity index (χ4v) is 6.68. The number of nitrogens with one attached hydrogen (secondary N) is 2. The summed E-state index contributed by atoms with van der Waals surface area (Å²) in [5, 5.41) is 5.36. The van der Waals surface area contributed by atoms with Crippen LogP contribution >= 0.6 is 23.2 Å². The standard InChI is InChI=1S/C27H29Cl2N5O4S/c1-3-38-23-11-10-21(39(36,37)33-20-13-18(28)12-19(29)14-20)15-22(23)25-31-27(35)24-16(2)30-26(34(24)32-25)17-8-6-4-5-7-9-17/h10-15,17,33H,3-9H2,1-2H3,(H,31,32,35). The number of nitrogens with zero attached hydrogens (tertiary/aromatic N) is 3. The van der Waals surface area contributed by atoms with Crippen molar-refractivity contribution in [2.75, 3.05) is 11.3 Å². The predicted octanol–water partition coefficient (Wildman–Crippen LogP) is 6.34. The van der Waals surface area contributed by atoms with Gasteiger partial charge in [-0.25, -0.2) is 17.9 Å². The molecule has 0 amide bonds. The number of aromatic amines is 1. The summed E-state index contributed by atoms with van der Waals surface area (Å²) in [4.78, 5) is 20.8. The summed E-state index contributed by atoms with van der Waals surface area (Å²) in [7, 11) is -4.05. The number of hydrogen-bond acceptors (Lipinski definition) is 6. The molecule has 2 aromatic carbocycles. The second kappa shape index (κ2) is 11.2. The van der Waals surface area contributed by atoms with Crippen LogP contribution in [0.2, 0.25) is 10.0 Å². The minimum Gasteiger partial charge on any atom is -0.493 e. The van der Waals surface area contributed by atoms with Crippen LogP contribution in [0, 0.1) is 6.92 Å². The molecule has 0 unspecified atom stereocenters. The van der Waals surface area contributed by atoms with Gasteiger partial charge >= 0.3 is 0 Å². The summed E-state index contributed by atoms with van der Waals surface area (Å²) in [6.07, 6.45) is 6.56. The molecule has 0 bridgehead atoms. The van der Waals surface area contributed by atoms with Gasteiger partial charge in [0.1, 0.15) is 11.6 Å². The van der Waals surface area contributed by atoms with Crippen molar-refractivity contribution < 1.29 is 13.2 Å². The lowest BCUT2D eigenvalue weighted by Crippen LogP contribution is -2.17. The van der Waals surface area contributed by atoms with Crippen LogP contribution in [0.4, 0.5) is 5.69 Å². The van der Waals surface area contributed by atoms with Gasteiger partial charge in [0.05, 0.1) is 28.4 Å². The first kappa shape index (κ1) is 27.5. The van der Waals surface area contributed by atoms with Crippen molar-refractivity contribution in [1.29, 1.82) is 0 Å². The monoisotopic (exact) mass is 589 g/mol. The van der Waals surface area contributed by atoms with Gasteiger partial charge in [-0.05, 0) is 63.1 Å². The number of ether oxygens (including phenoxy) is 1. The van der Waals surface area contributed by atoms with Gasteiger partial charge in [0.15, 0.2) is 11.3 Å². The maximum absolute atomic E-state index is 13.3. The number of fused-ring (bicyclic) bond motifs is 1. The maximum Gasteiger partial charge on any atom is 0.277 e. The van der Waals surface area contributed by atoms with Crippen molar-refractivity contribution >= 4 is 44.4 Å². The van der Waals surface area contributed by atoms with E-state index in [0.29, 0.717) is 39.2 Å². The first-order valence-electron chi connectivity index (χ1n) is 12.9. The van der Waals surface area contributed by atoms with Crippen LogP contribution < -0.4 is 15.0 Å². The van der Waals surface area contributed by atoms with E-state index >= 15 is 0 Å². The molecule has 12 heteroatoms. The van der Waals surface area contributed by atoms with E-state index in [9.17, 15) is 13.2 Å². The molecule has 0 saturated heterocycles. The first-order valence-corrected chi connectivity index (χ1v) is 15.2. The lowest BCUT2D eigenvalue weighted by Gasteiger charge is -2.15. The van der Waals surface area contributed by atoms with Crippen LogP contribution in [0.5, 0.6) is 5.75 Å². The van der Waals surface area contributed by atoms with Crippen molar-refractivity contribution in [3.05, 3.63) is 68.3 Å². The highest BCUT2D eigenvalue weighted by atomic mass is 35.5. The van der Waals surface area contributed by atoms with E-state index in [0.717, 1.165) is 31.5 Å². The van der Waals surface area contributed by atoms with E-state index in [4.69, 9.17) is 38.0 Å². The van der Waals surface area contributed by atoms with Crippen LogP contribution in [-0.4, -0.2) is 34.6 Å². The molecule has 39 heavy (non-hydrogen) atoms. The Labute approximate surface area is 236 Å². The van der Waals surface area contributed by atoms with E-state index < -0.39 is 10.0 Å². The molecule has 1 aliphatic rings. The summed E-state index contributed by atoms with van der Waals surface area (Å²) >= 11 is 12.1. The molecule has 4 aromatic rings. The average molecular weight is 591 g/mol. The van der Waals surface area contributed by atoms with Gasteiger partial charge in [-0.15, -0.1) is 5.10 Å². The summed E-state index contributed by atoms with van der Waals surface area (Å²) in [5.41, 5.74) is 1.20. The Balaban J connectivity index is 1.62. The Morgan fingerprint density at radius 2 is 1.77 bits per heavy atom.